The maximum Gasteiger partial charge on any atom is 0.165 e. The summed E-state index contributed by atoms with van der Waals surface area (Å²) in [6.07, 6.45) is 5.56. The number of hydrogen-bond acceptors (Lipinski definition) is 7. The van der Waals surface area contributed by atoms with E-state index in [1.807, 2.05) is 23.0 Å². The van der Waals surface area contributed by atoms with E-state index >= 15 is 0 Å². The second kappa shape index (κ2) is 9.17. The van der Waals surface area contributed by atoms with Crippen LogP contribution in [0.2, 0.25) is 0 Å². The van der Waals surface area contributed by atoms with E-state index in [1.165, 1.54) is 11.9 Å². The monoisotopic (exact) mass is 580 g/mol. The van der Waals surface area contributed by atoms with E-state index in [2.05, 4.69) is 79.2 Å². The van der Waals surface area contributed by atoms with Gasteiger partial charge in [-0.15, -0.1) is 0 Å². The molecule has 1 fully saturated rings. The van der Waals surface area contributed by atoms with Crippen molar-refractivity contribution in [1.82, 2.24) is 34.0 Å². The first-order chi connectivity index (χ1) is 17.1. The summed E-state index contributed by atoms with van der Waals surface area (Å²) in [6, 6.07) is 12.6. The van der Waals surface area contributed by atoms with E-state index < -0.39 is 0 Å². The van der Waals surface area contributed by atoms with Crippen LogP contribution < -0.4 is 5.73 Å². The molecule has 0 bridgehead atoms. The Morgan fingerprint density at radius 1 is 1.11 bits per heavy atom. The van der Waals surface area contributed by atoms with Gasteiger partial charge >= 0.3 is 0 Å². The summed E-state index contributed by atoms with van der Waals surface area (Å²) >= 11 is 2.20. The molecule has 0 aromatic carbocycles. The molecule has 1 aliphatic heterocycles. The van der Waals surface area contributed by atoms with Gasteiger partial charge in [-0.1, -0.05) is 12.1 Å². The lowest BCUT2D eigenvalue weighted by molar-refractivity contribution is 0.0341. The summed E-state index contributed by atoms with van der Waals surface area (Å²) in [4.78, 5) is 15.9. The fourth-order valence-corrected chi connectivity index (χ4v) is 5.51. The van der Waals surface area contributed by atoms with Gasteiger partial charge in [0.05, 0.1) is 36.0 Å². The number of nitrogens with zero attached hydrogens (tertiary/aromatic N) is 7. The Morgan fingerprint density at radius 2 is 1.97 bits per heavy atom. The number of nitrogen functional groups attached to an aromatic ring is 1. The first-order valence-corrected chi connectivity index (χ1v) is 12.7. The van der Waals surface area contributed by atoms with Gasteiger partial charge < -0.3 is 14.9 Å². The number of halogens is 1. The molecule has 0 spiro atoms. The van der Waals surface area contributed by atoms with Crippen molar-refractivity contribution in [2.24, 2.45) is 0 Å². The summed E-state index contributed by atoms with van der Waals surface area (Å²) in [5.74, 6) is 0.442. The van der Waals surface area contributed by atoms with Crippen molar-refractivity contribution in [2.45, 2.75) is 19.5 Å². The summed E-state index contributed by atoms with van der Waals surface area (Å²) in [5, 5.41) is 5.57. The van der Waals surface area contributed by atoms with Gasteiger partial charge in [0.15, 0.2) is 5.65 Å². The fraction of sp³-hybridized carbons (Fsp3) is 0.280. The molecule has 2 N–H and O–H groups in total. The van der Waals surface area contributed by atoms with E-state index in [4.69, 9.17) is 20.6 Å². The molecule has 0 aliphatic carbocycles. The van der Waals surface area contributed by atoms with Crippen molar-refractivity contribution < 1.29 is 4.74 Å². The average molecular weight is 580 g/mol. The number of hydrogen-bond donors (Lipinski definition) is 1. The molecule has 0 amide bonds. The number of morpholine rings is 1. The molecule has 1 atom stereocenters. The molecule has 0 saturated carbocycles. The molecular weight excluding hydrogens is 555 g/mol. The van der Waals surface area contributed by atoms with Crippen LogP contribution >= 0.6 is 22.6 Å². The Labute approximate surface area is 216 Å². The van der Waals surface area contributed by atoms with E-state index in [9.17, 15) is 0 Å². The molecule has 1 unspecified atom stereocenters. The lowest BCUT2D eigenvalue weighted by atomic mass is 10.1. The maximum absolute atomic E-state index is 6.14. The van der Waals surface area contributed by atoms with Crippen molar-refractivity contribution in [3.63, 3.8) is 0 Å². The lowest BCUT2D eigenvalue weighted by Crippen LogP contribution is -2.35. The highest BCUT2D eigenvalue weighted by Crippen LogP contribution is 2.35. The van der Waals surface area contributed by atoms with Gasteiger partial charge in [-0.25, -0.2) is 14.6 Å². The van der Waals surface area contributed by atoms with Crippen LogP contribution in [0.5, 0.6) is 0 Å². The Balaban J connectivity index is 1.42. The molecule has 35 heavy (non-hydrogen) atoms. The molecule has 1 saturated heterocycles. The number of ether oxygens (including phenoxy) is 1. The number of aromatic nitrogens is 6. The minimum Gasteiger partial charge on any atom is -0.383 e. The van der Waals surface area contributed by atoms with Crippen molar-refractivity contribution >= 4 is 45.0 Å². The van der Waals surface area contributed by atoms with Crippen molar-refractivity contribution in [3.05, 3.63) is 69.9 Å². The Morgan fingerprint density at radius 3 is 2.77 bits per heavy atom. The van der Waals surface area contributed by atoms with Gasteiger partial charge in [0.25, 0.3) is 0 Å². The van der Waals surface area contributed by atoms with E-state index in [-0.39, 0.29) is 6.04 Å². The van der Waals surface area contributed by atoms with Crippen LogP contribution in [0.3, 0.4) is 0 Å². The third kappa shape index (κ3) is 4.05. The van der Waals surface area contributed by atoms with Gasteiger partial charge in [0.2, 0.25) is 0 Å². The summed E-state index contributed by atoms with van der Waals surface area (Å²) < 4.78 is 10.4. The van der Waals surface area contributed by atoms with Crippen LogP contribution in [0.1, 0.15) is 24.1 Å². The molecule has 178 valence electrons. The van der Waals surface area contributed by atoms with Crippen molar-refractivity contribution in [1.29, 1.82) is 0 Å². The van der Waals surface area contributed by atoms with Crippen LogP contribution in [0, 0.1) is 3.70 Å². The predicted octanol–water partition coefficient (Wildman–Crippen LogP) is 3.77. The molecule has 6 heterocycles. The number of nitrogens with two attached hydrogens (primary N) is 1. The molecule has 6 rings (SSSR count). The Bertz CT molecular complexity index is 1500. The smallest absolute Gasteiger partial charge is 0.165 e. The van der Waals surface area contributed by atoms with Crippen molar-refractivity contribution in [3.8, 4) is 11.4 Å². The second-order valence-electron chi connectivity index (χ2n) is 8.75. The van der Waals surface area contributed by atoms with Gasteiger partial charge in [0.1, 0.15) is 15.8 Å². The molecule has 10 heteroatoms. The van der Waals surface area contributed by atoms with E-state index in [0.29, 0.717) is 5.82 Å². The zero-order valence-electron chi connectivity index (χ0n) is 19.3. The van der Waals surface area contributed by atoms with E-state index in [0.717, 1.165) is 70.1 Å². The fourth-order valence-electron chi connectivity index (χ4n) is 4.76. The minimum absolute atomic E-state index is 0.0972. The summed E-state index contributed by atoms with van der Waals surface area (Å²) in [5.41, 5.74) is 12.2. The van der Waals surface area contributed by atoms with E-state index in [1.54, 1.807) is 0 Å². The predicted molar refractivity (Wildman–Crippen MR) is 143 cm³/mol. The zero-order valence-corrected chi connectivity index (χ0v) is 21.5. The van der Waals surface area contributed by atoms with Crippen LogP contribution in [-0.4, -0.2) is 60.3 Å². The third-order valence-electron chi connectivity index (χ3n) is 6.58. The number of rotatable bonds is 5. The van der Waals surface area contributed by atoms with Crippen molar-refractivity contribution in [2.75, 3.05) is 32.0 Å². The minimum atomic E-state index is -0.0972. The molecule has 5 aromatic rings. The quantitative estimate of drug-likeness (QED) is 0.316. The summed E-state index contributed by atoms with van der Waals surface area (Å²) in [7, 11) is 0. The SMILES string of the molecule is CC(c1cc2ccccn2c1-c1ccc(CN2CCOCC2)cn1)n1nc(I)c2c(N)ncnc21. The van der Waals surface area contributed by atoms with Gasteiger partial charge in [-0.3, -0.25) is 9.88 Å². The van der Waals surface area contributed by atoms with Crippen LogP contribution in [0.25, 0.3) is 27.9 Å². The van der Waals surface area contributed by atoms with Gasteiger partial charge in [-0.05, 0) is 59.3 Å². The standard InChI is InChI=1S/C25H25IN8O/c1-16(34-25-21(23(26)31-34)24(27)29-15-30-25)19-12-18-4-2-3-7-33(18)22(19)20-6-5-17(13-28-20)14-32-8-10-35-11-9-32/h2-7,12-13,15-16H,8-11,14H2,1H3,(H2,27,29,30). The topological polar surface area (TPSA) is 99.4 Å². The highest BCUT2D eigenvalue weighted by molar-refractivity contribution is 14.1. The van der Waals surface area contributed by atoms with Crippen LogP contribution in [0.15, 0.2) is 55.1 Å². The number of fused-ring (bicyclic) bond motifs is 2. The average Bonchev–Trinajstić information content (AvgIpc) is 3.44. The molecule has 5 aromatic heterocycles. The number of anilines is 1. The lowest BCUT2D eigenvalue weighted by Gasteiger charge is -2.26. The summed E-state index contributed by atoms with van der Waals surface area (Å²) in [6.45, 7) is 6.51. The molecular formula is C25H25IN8O. The maximum atomic E-state index is 6.14. The first-order valence-electron chi connectivity index (χ1n) is 11.6. The molecule has 9 nitrogen and oxygen atoms in total. The first kappa shape index (κ1) is 22.4. The van der Waals surface area contributed by atoms with Crippen LogP contribution in [0.4, 0.5) is 5.82 Å². The molecule has 1 aliphatic rings. The number of pyridine rings is 2. The highest BCUT2D eigenvalue weighted by Gasteiger charge is 2.24. The molecule has 0 radical (unpaired) electrons. The van der Waals surface area contributed by atoms with Gasteiger partial charge in [-0.2, -0.15) is 5.10 Å². The van der Waals surface area contributed by atoms with Gasteiger partial charge in [0, 0.05) is 43.1 Å². The largest absolute Gasteiger partial charge is 0.383 e. The zero-order chi connectivity index (χ0) is 23.9. The normalized spacial score (nSPS) is 15.7. The Hall–Kier alpha value is -3.09. The van der Waals surface area contributed by atoms with Crippen LogP contribution in [-0.2, 0) is 11.3 Å². The third-order valence-corrected chi connectivity index (χ3v) is 7.33. The highest BCUT2D eigenvalue weighted by atomic mass is 127. The second-order valence-corrected chi connectivity index (χ2v) is 9.77. The Kier molecular flexibility index (Phi) is 5.86.